The first-order chi connectivity index (χ1) is 7.17. The zero-order chi connectivity index (χ0) is 11.3. The van der Waals surface area contributed by atoms with Crippen LogP contribution in [-0.2, 0) is 0 Å². The van der Waals surface area contributed by atoms with Gasteiger partial charge in [-0.1, -0.05) is 13.8 Å². The van der Waals surface area contributed by atoms with Gasteiger partial charge in [0, 0.05) is 18.6 Å². The molecule has 1 aliphatic heterocycles. The maximum atomic E-state index is 3.38. The van der Waals surface area contributed by atoms with Crippen LogP contribution in [0.5, 0.6) is 0 Å². The minimum atomic E-state index is 0.723. The molecular formula is C13H28N2. The zero-order valence-corrected chi connectivity index (χ0v) is 10.9. The Morgan fingerprint density at radius 2 is 2.13 bits per heavy atom. The molecule has 0 aromatic carbocycles. The number of likely N-dealkylation sites (tertiary alicyclic amines) is 1. The van der Waals surface area contributed by atoms with Gasteiger partial charge >= 0.3 is 0 Å². The number of rotatable bonds is 6. The predicted octanol–water partition coefficient (Wildman–Crippen LogP) is 2.49. The Morgan fingerprint density at radius 1 is 1.40 bits per heavy atom. The molecule has 0 saturated carbocycles. The van der Waals surface area contributed by atoms with E-state index in [1.807, 2.05) is 0 Å². The van der Waals surface area contributed by atoms with Crippen LogP contribution in [0, 0.1) is 5.92 Å². The van der Waals surface area contributed by atoms with Crippen LogP contribution in [0.1, 0.15) is 46.5 Å². The van der Waals surface area contributed by atoms with Gasteiger partial charge < -0.3 is 10.2 Å². The van der Waals surface area contributed by atoms with Gasteiger partial charge in [-0.3, -0.25) is 0 Å². The van der Waals surface area contributed by atoms with E-state index in [0.29, 0.717) is 0 Å². The van der Waals surface area contributed by atoms with Crippen LogP contribution in [0.3, 0.4) is 0 Å². The first kappa shape index (κ1) is 13.0. The van der Waals surface area contributed by atoms with E-state index in [4.69, 9.17) is 0 Å². The van der Waals surface area contributed by atoms with Crippen molar-refractivity contribution in [1.29, 1.82) is 0 Å². The van der Waals surface area contributed by atoms with Gasteiger partial charge in [0.1, 0.15) is 0 Å². The topological polar surface area (TPSA) is 15.3 Å². The molecule has 1 N–H and O–H groups in total. The SMILES string of the molecule is CCC(CCCN1CC(C)CC1C)NC. The highest BCUT2D eigenvalue weighted by Gasteiger charge is 2.25. The third kappa shape index (κ3) is 4.12. The maximum absolute atomic E-state index is 3.38. The fourth-order valence-corrected chi connectivity index (χ4v) is 2.79. The van der Waals surface area contributed by atoms with Crippen molar-refractivity contribution in [3.8, 4) is 0 Å². The van der Waals surface area contributed by atoms with Crippen molar-refractivity contribution < 1.29 is 0 Å². The van der Waals surface area contributed by atoms with Crippen molar-refractivity contribution >= 4 is 0 Å². The monoisotopic (exact) mass is 212 g/mol. The zero-order valence-electron chi connectivity index (χ0n) is 10.9. The van der Waals surface area contributed by atoms with Gasteiger partial charge in [0.2, 0.25) is 0 Å². The van der Waals surface area contributed by atoms with Gasteiger partial charge in [-0.2, -0.15) is 0 Å². The molecule has 1 rings (SSSR count). The Kier molecular flexibility index (Phi) is 5.62. The molecule has 1 aliphatic rings. The van der Waals surface area contributed by atoms with E-state index in [0.717, 1.165) is 18.0 Å². The van der Waals surface area contributed by atoms with Crippen LogP contribution >= 0.6 is 0 Å². The highest BCUT2D eigenvalue weighted by molar-refractivity contribution is 4.80. The first-order valence-corrected chi connectivity index (χ1v) is 6.58. The summed E-state index contributed by atoms with van der Waals surface area (Å²) in [5.41, 5.74) is 0. The fourth-order valence-electron chi connectivity index (χ4n) is 2.79. The van der Waals surface area contributed by atoms with Crippen LogP contribution in [0.15, 0.2) is 0 Å². The van der Waals surface area contributed by atoms with Crippen molar-refractivity contribution in [2.45, 2.75) is 58.5 Å². The van der Waals surface area contributed by atoms with Crippen molar-refractivity contribution in [3.05, 3.63) is 0 Å². The number of nitrogens with one attached hydrogen (secondary N) is 1. The Labute approximate surface area is 95.4 Å². The largest absolute Gasteiger partial charge is 0.317 e. The summed E-state index contributed by atoms with van der Waals surface area (Å²) >= 11 is 0. The lowest BCUT2D eigenvalue weighted by Crippen LogP contribution is -2.30. The van der Waals surface area contributed by atoms with Gasteiger partial charge in [0.05, 0.1) is 0 Å². The molecule has 0 aliphatic carbocycles. The van der Waals surface area contributed by atoms with E-state index < -0.39 is 0 Å². The minimum Gasteiger partial charge on any atom is -0.317 e. The second-order valence-electron chi connectivity index (χ2n) is 5.22. The van der Waals surface area contributed by atoms with Crippen molar-refractivity contribution in [1.82, 2.24) is 10.2 Å². The van der Waals surface area contributed by atoms with Gasteiger partial charge in [-0.25, -0.2) is 0 Å². The number of hydrogen-bond donors (Lipinski definition) is 1. The summed E-state index contributed by atoms with van der Waals surface area (Å²) in [7, 11) is 2.08. The van der Waals surface area contributed by atoms with Crippen molar-refractivity contribution in [2.24, 2.45) is 5.92 Å². The van der Waals surface area contributed by atoms with Crippen molar-refractivity contribution in [3.63, 3.8) is 0 Å². The molecule has 0 spiro atoms. The molecule has 0 aromatic heterocycles. The number of hydrogen-bond acceptors (Lipinski definition) is 2. The molecule has 90 valence electrons. The Balaban J connectivity index is 2.14. The van der Waals surface area contributed by atoms with Crippen LogP contribution in [0.25, 0.3) is 0 Å². The lowest BCUT2D eigenvalue weighted by atomic mass is 10.1. The third-order valence-electron chi connectivity index (χ3n) is 3.81. The summed E-state index contributed by atoms with van der Waals surface area (Å²) in [4.78, 5) is 2.66. The van der Waals surface area contributed by atoms with E-state index in [2.05, 4.69) is 38.0 Å². The summed E-state index contributed by atoms with van der Waals surface area (Å²) in [6.07, 6.45) is 5.31. The quantitative estimate of drug-likeness (QED) is 0.728. The summed E-state index contributed by atoms with van der Waals surface area (Å²) in [6, 6.07) is 1.54. The smallest absolute Gasteiger partial charge is 0.00700 e. The molecule has 3 atom stereocenters. The van der Waals surface area contributed by atoms with Gasteiger partial charge in [0.15, 0.2) is 0 Å². The molecule has 0 radical (unpaired) electrons. The summed E-state index contributed by atoms with van der Waals surface area (Å²) in [5, 5.41) is 3.38. The molecule has 3 unspecified atom stereocenters. The average molecular weight is 212 g/mol. The Hall–Kier alpha value is -0.0800. The van der Waals surface area contributed by atoms with E-state index >= 15 is 0 Å². The molecule has 2 nitrogen and oxygen atoms in total. The van der Waals surface area contributed by atoms with Crippen molar-refractivity contribution in [2.75, 3.05) is 20.1 Å². The predicted molar refractivity (Wildman–Crippen MR) is 67.2 cm³/mol. The van der Waals surface area contributed by atoms with Gasteiger partial charge in [-0.15, -0.1) is 0 Å². The summed E-state index contributed by atoms with van der Waals surface area (Å²) < 4.78 is 0. The highest BCUT2D eigenvalue weighted by Crippen LogP contribution is 2.22. The maximum Gasteiger partial charge on any atom is 0.00700 e. The molecule has 1 fully saturated rings. The van der Waals surface area contributed by atoms with E-state index in [9.17, 15) is 0 Å². The minimum absolute atomic E-state index is 0.723. The highest BCUT2D eigenvalue weighted by atomic mass is 15.2. The normalized spacial score (nSPS) is 29.6. The van der Waals surface area contributed by atoms with E-state index in [1.54, 1.807) is 0 Å². The lowest BCUT2D eigenvalue weighted by molar-refractivity contribution is 0.254. The number of nitrogens with zero attached hydrogens (tertiary/aromatic N) is 1. The second-order valence-corrected chi connectivity index (χ2v) is 5.22. The third-order valence-corrected chi connectivity index (χ3v) is 3.81. The Bertz CT molecular complexity index is 166. The van der Waals surface area contributed by atoms with E-state index in [1.165, 1.54) is 38.8 Å². The molecule has 1 heterocycles. The molecule has 2 heteroatoms. The van der Waals surface area contributed by atoms with Gasteiger partial charge in [0.25, 0.3) is 0 Å². The van der Waals surface area contributed by atoms with Crippen LogP contribution in [-0.4, -0.2) is 37.1 Å². The lowest BCUT2D eigenvalue weighted by Gasteiger charge is -2.22. The summed E-state index contributed by atoms with van der Waals surface area (Å²) in [6.45, 7) is 9.63. The molecule has 0 bridgehead atoms. The molecule has 0 aromatic rings. The molecule has 0 amide bonds. The van der Waals surface area contributed by atoms with Crippen LogP contribution < -0.4 is 5.32 Å². The second kappa shape index (κ2) is 6.49. The molecule has 1 saturated heterocycles. The molecular weight excluding hydrogens is 184 g/mol. The van der Waals surface area contributed by atoms with Crippen LogP contribution in [0.4, 0.5) is 0 Å². The summed E-state index contributed by atoms with van der Waals surface area (Å²) in [5.74, 6) is 0.909. The fraction of sp³-hybridized carbons (Fsp3) is 1.00. The molecule has 15 heavy (non-hydrogen) atoms. The van der Waals surface area contributed by atoms with Crippen LogP contribution in [0.2, 0.25) is 0 Å². The average Bonchev–Trinajstić information content (AvgIpc) is 2.52. The first-order valence-electron chi connectivity index (χ1n) is 6.58. The standard InChI is InChI=1S/C13H28N2/c1-5-13(14-4)7-6-8-15-10-11(2)9-12(15)3/h11-14H,5-10H2,1-4H3. The van der Waals surface area contributed by atoms with E-state index in [-0.39, 0.29) is 0 Å². The van der Waals surface area contributed by atoms with Gasteiger partial charge in [-0.05, 0) is 52.1 Å². The Morgan fingerprint density at radius 3 is 2.60 bits per heavy atom.